The van der Waals surface area contributed by atoms with Crippen molar-refractivity contribution in [3.05, 3.63) is 42.0 Å². The van der Waals surface area contributed by atoms with Crippen LogP contribution in [-0.4, -0.2) is 34.6 Å². The lowest BCUT2D eigenvalue weighted by Gasteiger charge is -2.08. The molecule has 1 aromatic carbocycles. The predicted molar refractivity (Wildman–Crippen MR) is 70.7 cm³/mol. The van der Waals surface area contributed by atoms with Crippen molar-refractivity contribution in [3.63, 3.8) is 0 Å². The second-order valence-electron chi connectivity index (χ2n) is 4.08. The minimum Gasteiger partial charge on any atom is -0.478 e. The first-order chi connectivity index (χ1) is 9.61. The molecule has 1 heterocycles. The van der Waals surface area contributed by atoms with Gasteiger partial charge in [0.1, 0.15) is 11.4 Å². The van der Waals surface area contributed by atoms with Gasteiger partial charge in [0, 0.05) is 13.3 Å². The number of halogens is 1. The second-order valence-corrected chi connectivity index (χ2v) is 4.08. The topological polar surface area (TPSA) is 76.4 Å². The summed E-state index contributed by atoms with van der Waals surface area (Å²) >= 11 is 0. The molecular weight excluding hydrogens is 265 g/mol. The zero-order valence-corrected chi connectivity index (χ0v) is 10.8. The molecule has 0 atom stereocenters. The van der Waals surface area contributed by atoms with Crippen LogP contribution in [0.2, 0.25) is 0 Å². The van der Waals surface area contributed by atoms with Crippen molar-refractivity contribution >= 4 is 17.3 Å². The molecule has 0 aliphatic heterocycles. The Kier molecular flexibility index (Phi) is 4.31. The molecule has 2 N–H and O–H groups in total. The lowest BCUT2D eigenvalue weighted by molar-refractivity contribution is 0.0693. The van der Waals surface area contributed by atoms with Crippen LogP contribution in [0.4, 0.5) is 15.8 Å². The lowest BCUT2D eigenvalue weighted by atomic mass is 10.1. The van der Waals surface area contributed by atoms with Crippen molar-refractivity contribution in [2.45, 2.75) is 6.54 Å². The Morgan fingerprint density at radius 3 is 3.05 bits per heavy atom. The number of nitrogens with zero attached hydrogens (tertiary/aromatic N) is 2. The third-order valence-electron chi connectivity index (χ3n) is 2.66. The van der Waals surface area contributed by atoms with E-state index in [0.717, 1.165) is 6.07 Å². The van der Waals surface area contributed by atoms with E-state index in [1.807, 2.05) is 0 Å². The minimum atomic E-state index is -1.32. The molecule has 20 heavy (non-hydrogen) atoms. The Morgan fingerprint density at radius 2 is 2.35 bits per heavy atom. The monoisotopic (exact) mass is 279 g/mol. The first kappa shape index (κ1) is 14.0. The number of anilines is 2. The number of aromatic carboxylic acids is 1. The van der Waals surface area contributed by atoms with Gasteiger partial charge in [-0.25, -0.2) is 9.18 Å². The fraction of sp³-hybridized carbons (Fsp3) is 0.231. The molecule has 0 amide bonds. The third kappa shape index (κ3) is 3.12. The SMILES string of the molecule is COCCn1cc(Nc2cccc(F)c2C(=O)O)cn1. The van der Waals surface area contributed by atoms with E-state index in [4.69, 9.17) is 9.84 Å². The summed E-state index contributed by atoms with van der Waals surface area (Å²) in [5.74, 6) is -2.10. The number of rotatable bonds is 6. The molecule has 0 unspecified atom stereocenters. The molecule has 7 heteroatoms. The molecular formula is C13H14FN3O3. The van der Waals surface area contributed by atoms with Crippen LogP contribution >= 0.6 is 0 Å². The van der Waals surface area contributed by atoms with Gasteiger partial charge in [0.15, 0.2) is 0 Å². The number of carboxylic acid groups (broad SMARTS) is 1. The van der Waals surface area contributed by atoms with Crippen LogP contribution in [0.5, 0.6) is 0 Å². The summed E-state index contributed by atoms with van der Waals surface area (Å²) in [5.41, 5.74) is 0.370. The van der Waals surface area contributed by atoms with Crippen molar-refractivity contribution in [1.82, 2.24) is 9.78 Å². The number of hydrogen-bond acceptors (Lipinski definition) is 4. The van der Waals surface area contributed by atoms with E-state index >= 15 is 0 Å². The molecule has 0 saturated heterocycles. The van der Waals surface area contributed by atoms with Crippen LogP contribution in [0.3, 0.4) is 0 Å². The normalized spacial score (nSPS) is 10.5. The van der Waals surface area contributed by atoms with Gasteiger partial charge in [-0.3, -0.25) is 4.68 Å². The summed E-state index contributed by atoms with van der Waals surface area (Å²) < 4.78 is 20.1. The maximum atomic E-state index is 13.5. The molecule has 0 spiro atoms. The number of nitrogens with one attached hydrogen (secondary N) is 1. The number of carboxylic acids is 1. The van der Waals surface area contributed by atoms with Crippen LogP contribution < -0.4 is 5.32 Å². The number of methoxy groups -OCH3 is 1. The molecule has 0 bridgehead atoms. The Morgan fingerprint density at radius 1 is 1.55 bits per heavy atom. The van der Waals surface area contributed by atoms with Crippen LogP contribution in [0.15, 0.2) is 30.6 Å². The molecule has 0 aliphatic rings. The van der Waals surface area contributed by atoms with Gasteiger partial charge in [-0.15, -0.1) is 0 Å². The van der Waals surface area contributed by atoms with Gasteiger partial charge in [0.2, 0.25) is 0 Å². The van der Waals surface area contributed by atoms with Gasteiger partial charge in [0.25, 0.3) is 0 Å². The standard InChI is InChI=1S/C13H14FN3O3/c1-20-6-5-17-8-9(7-15-17)16-11-4-2-3-10(14)12(11)13(18)19/h2-4,7-8,16H,5-6H2,1H3,(H,18,19). The molecule has 2 rings (SSSR count). The van der Waals surface area contributed by atoms with Crippen LogP contribution in [-0.2, 0) is 11.3 Å². The van der Waals surface area contributed by atoms with E-state index in [9.17, 15) is 9.18 Å². The van der Waals surface area contributed by atoms with Gasteiger partial charge in [0.05, 0.1) is 30.7 Å². The summed E-state index contributed by atoms with van der Waals surface area (Å²) in [6, 6.07) is 4.05. The number of benzene rings is 1. The van der Waals surface area contributed by atoms with Gasteiger partial charge in [-0.05, 0) is 12.1 Å². The van der Waals surface area contributed by atoms with Crippen LogP contribution in [0, 0.1) is 5.82 Å². The average Bonchev–Trinajstić information content (AvgIpc) is 2.83. The van der Waals surface area contributed by atoms with E-state index in [1.54, 1.807) is 18.0 Å². The number of hydrogen-bond donors (Lipinski definition) is 2. The van der Waals surface area contributed by atoms with Gasteiger partial charge < -0.3 is 15.2 Å². The summed E-state index contributed by atoms with van der Waals surface area (Å²) in [6.07, 6.45) is 3.22. The number of aromatic nitrogens is 2. The summed E-state index contributed by atoms with van der Waals surface area (Å²) in [6.45, 7) is 1.09. The zero-order chi connectivity index (χ0) is 14.5. The summed E-state index contributed by atoms with van der Waals surface area (Å²) in [4.78, 5) is 11.1. The Balaban J connectivity index is 2.20. The van der Waals surface area contributed by atoms with Crippen molar-refractivity contribution in [2.75, 3.05) is 19.0 Å². The number of carbonyl (C=O) groups is 1. The average molecular weight is 279 g/mol. The fourth-order valence-corrected chi connectivity index (χ4v) is 1.74. The minimum absolute atomic E-state index is 0.184. The van der Waals surface area contributed by atoms with Crippen LogP contribution in [0.25, 0.3) is 0 Å². The first-order valence-electron chi connectivity index (χ1n) is 5.92. The number of ether oxygens (including phenoxy) is 1. The predicted octanol–water partition coefficient (Wildman–Crippen LogP) is 2.11. The second kappa shape index (κ2) is 6.16. The zero-order valence-electron chi connectivity index (χ0n) is 10.8. The van der Waals surface area contributed by atoms with Gasteiger partial charge >= 0.3 is 5.97 Å². The molecule has 1 aromatic heterocycles. The largest absolute Gasteiger partial charge is 0.478 e. The van der Waals surface area contributed by atoms with Crippen molar-refractivity contribution in [2.24, 2.45) is 0 Å². The van der Waals surface area contributed by atoms with E-state index < -0.39 is 17.3 Å². The third-order valence-corrected chi connectivity index (χ3v) is 2.66. The molecule has 0 saturated carbocycles. The molecule has 0 radical (unpaired) electrons. The molecule has 106 valence electrons. The van der Waals surface area contributed by atoms with Crippen molar-refractivity contribution < 1.29 is 19.0 Å². The summed E-state index contributed by atoms with van der Waals surface area (Å²) in [5, 5.41) is 16.0. The smallest absolute Gasteiger partial charge is 0.340 e. The van der Waals surface area contributed by atoms with Crippen LogP contribution in [0.1, 0.15) is 10.4 Å². The lowest BCUT2D eigenvalue weighted by Crippen LogP contribution is -2.06. The van der Waals surface area contributed by atoms with E-state index in [0.29, 0.717) is 18.8 Å². The first-order valence-corrected chi connectivity index (χ1v) is 5.92. The van der Waals surface area contributed by atoms with E-state index in [2.05, 4.69) is 10.4 Å². The van der Waals surface area contributed by atoms with Crippen molar-refractivity contribution in [1.29, 1.82) is 0 Å². The molecule has 6 nitrogen and oxygen atoms in total. The quantitative estimate of drug-likeness (QED) is 0.847. The van der Waals surface area contributed by atoms with Gasteiger partial charge in [-0.1, -0.05) is 6.07 Å². The van der Waals surface area contributed by atoms with E-state index in [1.165, 1.54) is 18.3 Å². The van der Waals surface area contributed by atoms with E-state index in [-0.39, 0.29) is 5.69 Å². The highest BCUT2D eigenvalue weighted by Crippen LogP contribution is 2.23. The highest BCUT2D eigenvalue weighted by atomic mass is 19.1. The summed E-state index contributed by atoms with van der Waals surface area (Å²) in [7, 11) is 1.59. The fourth-order valence-electron chi connectivity index (χ4n) is 1.74. The maximum Gasteiger partial charge on any atom is 0.340 e. The Hall–Kier alpha value is -2.41. The van der Waals surface area contributed by atoms with Gasteiger partial charge in [-0.2, -0.15) is 5.10 Å². The highest BCUT2D eigenvalue weighted by Gasteiger charge is 2.15. The Bertz CT molecular complexity index is 613. The highest BCUT2D eigenvalue weighted by molar-refractivity contribution is 5.95. The Labute approximate surface area is 114 Å². The molecule has 2 aromatic rings. The molecule has 0 aliphatic carbocycles. The maximum absolute atomic E-state index is 13.5. The van der Waals surface area contributed by atoms with Crippen molar-refractivity contribution in [3.8, 4) is 0 Å². The molecule has 0 fully saturated rings.